The summed E-state index contributed by atoms with van der Waals surface area (Å²) >= 11 is 12.1. The Kier molecular flexibility index (Phi) is 6.77. The Bertz CT molecular complexity index is 1290. The molecule has 0 spiro atoms. The molecule has 6 nitrogen and oxygen atoms in total. The average Bonchev–Trinajstić information content (AvgIpc) is 3.37. The zero-order valence-corrected chi connectivity index (χ0v) is 20.0. The lowest BCUT2D eigenvalue weighted by Crippen LogP contribution is -2.12. The zero-order valence-electron chi connectivity index (χ0n) is 18.5. The summed E-state index contributed by atoms with van der Waals surface area (Å²) in [4.78, 5) is 12.6. The molecule has 8 heteroatoms. The number of nitrogens with zero attached hydrogens (tertiary/aromatic N) is 2. The molecule has 0 saturated carbocycles. The van der Waals surface area contributed by atoms with Crippen molar-refractivity contribution in [1.82, 2.24) is 9.78 Å². The maximum Gasteiger partial charge on any atom is 0.292 e. The summed E-state index contributed by atoms with van der Waals surface area (Å²) in [5.41, 5.74) is 3.93. The van der Waals surface area contributed by atoms with Crippen LogP contribution in [0, 0.1) is 20.8 Å². The van der Waals surface area contributed by atoms with Crippen LogP contribution in [0.2, 0.25) is 10.0 Å². The number of aryl methyl sites for hydroxylation is 3. The topological polar surface area (TPSA) is 69.3 Å². The van der Waals surface area contributed by atoms with Crippen molar-refractivity contribution in [2.24, 2.45) is 0 Å². The van der Waals surface area contributed by atoms with Crippen molar-refractivity contribution in [2.45, 2.75) is 33.9 Å². The van der Waals surface area contributed by atoms with Crippen LogP contribution in [0.25, 0.3) is 0 Å². The molecule has 0 aliphatic heterocycles. The molecule has 0 atom stereocenters. The minimum absolute atomic E-state index is 0.187. The van der Waals surface area contributed by atoms with E-state index in [0.29, 0.717) is 28.2 Å². The first-order valence-corrected chi connectivity index (χ1v) is 11.1. The maximum absolute atomic E-state index is 12.6. The molecule has 0 aliphatic rings. The number of hydrogen-bond acceptors (Lipinski definition) is 4. The molecule has 0 aliphatic carbocycles. The molecule has 170 valence electrons. The van der Waals surface area contributed by atoms with Gasteiger partial charge >= 0.3 is 0 Å². The normalized spacial score (nSPS) is 10.9. The fraction of sp³-hybridized carbons (Fsp3) is 0.200. The summed E-state index contributed by atoms with van der Waals surface area (Å²) in [6, 6.07) is 16.6. The van der Waals surface area contributed by atoms with Gasteiger partial charge in [0.1, 0.15) is 18.1 Å². The van der Waals surface area contributed by atoms with Crippen LogP contribution in [0.4, 0.5) is 5.82 Å². The lowest BCUT2D eigenvalue weighted by Gasteiger charge is -2.10. The van der Waals surface area contributed by atoms with E-state index in [1.54, 1.807) is 35.0 Å². The van der Waals surface area contributed by atoms with Crippen LogP contribution < -0.4 is 10.1 Å². The fourth-order valence-electron chi connectivity index (χ4n) is 3.47. The zero-order chi connectivity index (χ0) is 23.5. The van der Waals surface area contributed by atoms with Gasteiger partial charge in [0.05, 0.1) is 16.6 Å². The Morgan fingerprint density at radius 2 is 1.79 bits per heavy atom. The van der Waals surface area contributed by atoms with Crippen molar-refractivity contribution in [2.75, 3.05) is 5.32 Å². The average molecular weight is 484 g/mol. The van der Waals surface area contributed by atoms with E-state index in [1.807, 2.05) is 45.0 Å². The molecule has 0 saturated heterocycles. The van der Waals surface area contributed by atoms with Gasteiger partial charge in [-0.05, 0) is 61.7 Å². The van der Waals surface area contributed by atoms with Crippen LogP contribution >= 0.6 is 23.2 Å². The molecule has 2 aromatic heterocycles. The summed E-state index contributed by atoms with van der Waals surface area (Å²) in [5.74, 6) is 1.62. The van der Waals surface area contributed by atoms with Gasteiger partial charge in [-0.2, -0.15) is 5.10 Å². The Hall–Kier alpha value is -3.22. The van der Waals surface area contributed by atoms with Crippen LogP contribution in [-0.2, 0) is 13.2 Å². The molecular weight excluding hydrogens is 461 g/mol. The van der Waals surface area contributed by atoms with Gasteiger partial charge in [-0.25, -0.2) is 0 Å². The Labute approximate surface area is 202 Å². The number of para-hydroxylation sites is 1. The third-order valence-electron chi connectivity index (χ3n) is 5.19. The lowest BCUT2D eigenvalue weighted by atomic mass is 10.1. The van der Waals surface area contributed by atoms with E-state index in [-0.39, 0.29) is 18.3 Å². The number of ether oxygens (including phenoxy) is 1. The van der Waals surface area contributed by atoms with Crippen molar-refractivity contribution in [3.63, 3.8) is 0 Å². The minimum atomic E-state index is -0.382. The van der Waals surface area contributed by atoms with E-state index in [0.717, 1.165) is 28.1 Å². The van der Waals surface area contributed by atoms with Gasteiger partial charge in [-0.15, -0.1) is 0 Å². The van der Waals surface area contributed by atoms with E-state index < -0.39 is 0 Å². The predicted octanol–water partition coefficient (Wildman–Crippen LogP) is 6.59. The van der Waals surface area contributed by atoms with Gasteiger partial charge < -0.3 is 14.5 Å². The van der Waals surface area contributed by atoms with Crippen molar-refractivity contribution in [1.29, 1.82) is 0 Å². The first-order valence-electron chi connectivity index (χ1n) is 10.4. The van der Waals surface area contributed by atoms with Crippen LogP contribution in [0.5, 0.6) is 5.75 Å². The highest BCUT2D eigenvalue weighted by atomic mass is 35.5. The van der Waals surface area contributed by atoms with Crippen molar-refractivity contribution in [3.05, 3.63) is 98.5 Å². The molecule has 4 aromatic rings. The third kappa shape index (κ3) is 5.41. The molecule has 0 unspecified atom stereocenters. The highest BCUT2D eigenvalue weighted by Crippen LogP contribution is 2.25. The maximum atomic E-state index is 12.6. The van der Waals surface area contributed by atoms with E-state index >= 15 is 0 Å². The lowest BCUT2D eigenvalue weighted by molar-refractivity contribution is 0.0992. The van der Waals surface area contributed by atoms with Crippen molar-refractivity contribution < 1.29 is 13.9 Å². The number of furan rings is 1. The summed E-state index contributed by atoms with van der Waals surface area (Å²) in [7, 11) is 0. The molecule has 2 aromatic carbocycles. The van der Waals surface area contributed by atoms with E-state index in [1.165, 1.54) is 0 Å². The Morgan fingerprint density at radius 1 is 1.03 bits per heavy atom. The number of rotatable bonds is 7. The molecular formula is C25H23Cl2N3O3. The van der Waals surface area contributed by atoms with E-state index in [9.17, 15) is 4.79 Å². The predicted molar refractivity (Wildman–Crippen MR) is 129 cm³/mol. The largest absolute Gasteiger partial charge is 0.485 e. The summed E-state index contributed by atoms with van der Waals surface area (Å²) in [6.45, 7) is 6.63. The number of halogens is 2. The number of nitrogens with one attached hydrogen (secondary N) is 1. The van der Waals surface area contributed by atoms with Gasteiger partial charge in [-0.1, -0.05) is 47.5 Å². The van der Waals surface area contributed by atoms with Gasteiger partial charge in [-0.3, -0.25) is 9.48 Å². The first-order chi connectivity index (χ1) is 15.8. The standard InChI is InChI=1S/C25H23Cl2N3O3/c1-15-5-4-6-16(2)24(15)32-14-19-8-10-22(33-19)25(31)28-23-11-17(3)30(29-23)13-18-7-9-20(26)21(27)12-18/h4-12H,13-14H2,1-3H3,(H,28,29,31). The Balaban J connectivity index is 1.39. The molecule has 1 amide bonds. The van der Waals surface area contributed by atoms with Crippen LogP contribution in [-0.4, -0.2) is 15.7 Å². The molecule has 2 heterocycles. The highest BCUT2D eigenvalue weighted by Gasteiger charge is 2.15. The second kappa shape index (κ2) is 9.73. The van der Waals surface area contributed by atoms with Crippen LogP contribution in [0.1, 0.15) is 38.7 Å². The number of aromatic nitrogens is 2. The van der Waals surface area contributed by atoms with Crippen molar-refractivity contribution in [3.8, 4) is 5.75 Å². The fourth-order valence-corrected chi connectivity index (χ4v) is 3.79. The molecule has 0 bridgehead atoms. The number of anilines is 1. The number of benzene rings is 2. The second-order valence-corrected chi connectivity index (χ2v) is 8.62. The number of carbonyl (C=O) groups excluding carboxylic acids is 1. The van der Waals surface area contributed by atoms with Crippen molar-refractivity contribution >= 4 is 34.9 Å². The summed E-state index contributed by atoms with van der Waals surface area (Å²) in [6.07, 6.45) is 0. The SMILES string of the molecule is Cc1cccc(C)c1OCc1ccc(C(=O)Nc2cc(C)n(Cc3ccc(Cl)c(Cl)c3)n2)o1. The van der Waals surface area contributed by atoms with Crippen LogP contribution in [0.15, 0.2) is 59.0 Å². The van der Waals surface area contributed by atoms with E-state index in [2.05, 4.69) is 10.4 Å². The molecule has 1 N–H and O–H groups in total. The molecule has 33 heavy (non-hydrogen) atoms. The highest BCUT2D eigenvalue weighted by molar-refractivity contribution is 6.42. The second-order valence-electron chi connectivity index (χ2n) is 7.81. The monoisotopic (exact) mass is 483 g/mol. The molecule has 4 rings (SSSR count). The summed E-state index contributed by atoms with van der Waals surface area (Å²) in [5, 5.41) is 8.24. The minimum Gasteiger partial charge on any atom is -0.485 e. The van der Waals surface area contributed by atoms with Gasteiger partial charge in [0.2, 0.25) is 0 Å². The smallest absolute Gasteiger partial charge is 0.292 e. The number of carbonyl (C=O) groups is 1. The van der Waals surface area contributed by atoms with Gasteiger partial charge in [0.25, 0.3) is 5.91 Å². The number of amides is 1. The van der Waals surface area contributed by atoms with Gasteiger partial charge in [0.15, 0.2) is 11.6 Å². The summed E-state index contributed by atoms with van der Waals surface area (Å²) < 4.78 is 13.4. The van der Waals surface area contributed by atoms with E-state index in [4.69, 9.17) is 32.4 Å². The molecule has 0 radical (unpaired) electrons. The third-order valence-corrected chi connectivity index (χ3v) is 5.93. The number of hydrogen-bond donors (Lipinski definition) is 1. The van der Waals surface area contributed by atoms with Crippen LogP contribution in [0.3, 0.4) is 0 Å². The first kappa shape index (κ1) is 23.0. The molecule has 0 fully saturated rings. The quantitative estimate of drug-likeness (QED) is 0.321. The van der Waals surface area contributed by atoms with Gasteiger partial charge in [0, 0.05) is 11.8 Å². The Morgan fingerprint density at radius 3 is 2.52 bits per heavy atom.